The van der Waals surface area contributed by atoms with Crippen LogP contribution in [0.2, 0.25) is 0 Å². The number of carbonyl (C=O) groups excluding carboxylic acids is 2. The van der Waals surface area contributed by atoms with E-state index in [1.807, 2.05) is 0 Å². The van der Waals surface area contributed by atoms with Gasteiger partial charge in [0, 0.05) is 0 Å². The number of amides is 1. The number of carbonyl (C=O) groups is 2. The lowest BCUT2D eigenvalue weighted by Gasteiger charge is -2.09. The Kier molecular flexibility index (Phi) is 2.01. The van der Waals surface area contributed by atoms with Gasteiger partial charge in [-0.3, -0.25) is 9.59 Å². The number of hydrogen-bond donors (Lipinski definition) is 1. The molecule has 1 N–H and O–H groups in total. The summed E-state index contributed by atoms with van der Waals surface area (Å²) in [5.74, 6) is -0.0559. The molecule has 1 saturated heterocycles. The van der Waals surface area contributed by atoms with Crippen LogP contribution in [0.5, 0.6) is 0 Å². The van der Waals surface area contributed by atoms with Crippen LogP contribution in [0.3, 0.4) is 0 Å². The van der Waals surface area contributed by atoms with Gasteiger partial charge in [0.1, 0.15) is 12.6 Å². The standard InChI is InChI=1S/C6H9NO3/c1-4-6(7-3-8)5(9)2-10-4/h3-4,6H,2H2,1H3,(H,7,8). The summed E-state index contributed by atoms with van der Waals surface area (Å²) in [6, 6.07) is -0.433. The molecule has 1 heterocycles. The van der Waals surface area contributed by atoms with Crippen LogP contribution in [0.15, 0.2) is 0 Å². The zero-order valence-electron chi connectivity index (χ0n) is 5.66. The highest BCUT2D eigenvalue weighted by atomic mass is 16.5. The van der Waals surface area contributed by atoms with Gasteiger partial charge in [0.05, 0.1) is 6.10 Å². The maximum Gasteiger partial charge on any atom is 0.207 e. The molecule has 56 valence electrons. The molecule has 1 rings (SSSR count). The van der Waals surface area contributed by atoms with Gasteiger partial charge in [0.2, 0.25) is 6.41 Å². The SMILES string of the molecule is CC1OCC(=O)C1NC=O. The number of rotatable bonds is 2. The lowest BCUT2D eigenvalue weighted by molar-refractivity contribution is -0.121. The third-order valence-electron chi connectivity index (χ3n) is 1.55. The Morgan fingerprint density at radius 2 is 2.50 bits per heavy atom. The van der Waals surface area contributed by atoms with E-state index < -0.39 is 6.04 Å². The fourth-order valence-electron chi connectivity index (χ4n) is 0.963. The summed E-state index contributed by atoms with van der Waals surface area (Å²) in [6.07, 6.45) is 0.339. The molecule has 1 amide bonds. The predicted octanol–water partition coefficient (Wildman–Crippen LogP) is -0.911. The first kappa shape index (κ1) is 7.21. The quantitative estimate of drug-likeness (QED) is 0.509. The summed E-state index contributed by atoms with van der Waals surface area (Å²) in [5, 5.41) is 2.39. The molecular weight excluding hydrogens is 134 g/mol. The van der Waals surface area contributed by atoms with Gasteiger partial charge < -0.3 is 10.1 Å². The minimum Gasteiger partial charge on any atom is -0.368 e. The van der Waals surface area contributed by atoms with Crippen LogP contribution in [-0.2, 0) is 14.3 Å². The molecule has 0 aromatic carbocycles. The van der Waals surface area contributed by atoms with Gasteiger partial charge in [-0.15, -0.1) is 0 Å². The molecule has 1 aliphatic rings. The third-order valence-corrected chi connectivity index (χ3v) is 1.55. The van der Waals surface area contributed by atoms with Crippen molar-refractivity contribution in [2.75, 3.05) is 6.61 Å². The molecule has 4 nitrogen and oxygen atoms in total. The Hall–Kier alpha value is -0.900. The van der Waals surface area contributed by atoms with Gasteiger partial charge in [-0.2, -0.15) is 0 Å². The Morgan fingerprint density at radius 1 is 1.80 bits per heavy atom. The Morgan fingerprint density at radius 3 is 2.90 bits per heavy atom. The van der Waals surface area contributed by atoms with E-state index in [2.05, 4.69) is 5.32 Å². The van der Waals surface area contributed by atoms with Crippen molar-refractivity contribution >= 4 is 12.2 Å². The average molecular weight is 143 g/mol. The van der Waals surface area contributed by atoms with E-state index in [-0.39, 0.29) is 18.5 Å². The molecule has 0 aliphatic carbocycles. The fourth-order valence-corrected chi connectivity index (χ4v) is 0.963. The van der Waals surface area contributed by atoms with Crippen molar-refractivity contribution in [2.24, 2.45) is 0 Å². The van der Waals surface area contributed by atoms with E-state index >= 15 is 0 Å². The number of Topliss-reactive ketones (excluding diaryl/α,β-unsaturated/α-hetero) is 1. The second-order valence-electron chi connectivity index (χ2n) is 2.24. The van der Waals surface area contributed by atoms with Gasteiger partial charge >= 0.3 is 0 Å². The molecule has 1 aliphatic heterocycles. The van der Waals surface area contributed by atoms with Crippen LogP contribution < -0.4 is 5.32 Å². The summed E-state index contributed by atoms with van der Waals surface area (Å²) in [4.78, 5) is 20.8. The molecule has 0 bridgehead atoms. The third kappa shape index (κ3) is 1.16. The highest BCUT2D eigenvalue weighted by molar-refractivity contribution is 5.89. The normalized spacial score (nSPS) is 32.3. The van der Waals surface area contributed by atoms with Crippen molar-refractivity contribution in [1.29, 1.82) is 0 Å². The highest BCUT2D eigenvalue weighted by Gasteiger charge is 2.31. The van der Waals surface area contributed by atoms with E-state index in [1.165, 1.54) is 0 Å². The molecule has 0 saturated carbocycles. The molecule has 0 aromatic rings. The van der Waals surface area contributed by atoms with Gasteiger partial charge in [0.15, 0.2) is 5.78 Å². The molecule has 0 aromatic heterocycles. The summed E-state index contributed by atoms with van der Waals surface area (Å²) < 4.78 is 4.96. The molecule has 2 atom stereocenters. The molecule has 0 radical (unpaired) electrons. The van der Waals surface area contributed by atoms with Crippen LogP contribution in [-0.4, -0.2) is 30.9 Å². The van der Waals surface area contributed by atoms with Gasteiger partial charge in [0.25, 0.3) is 0 Å². The number of nitrogens with one attached hydrogen (secondary N) is 1. The zero-order valence-corrected chi connectivity index (χ0v) is 5.66. The van der Waals surface area contributed by atoms with Crippen molar-refractivity contribution in [2.45, 2.75) is 19.1 Å². The van der Waals surface area contributed by atoms with Crippen molar-refractivity contribution in [3.05, 3.63) is 0 Å². The first-order chi connectivity index (χ1) is 4.75. The minimum atomic E-state index is -0.433. The van der Waals surface area contributed by atoms with Gasteiger partial charge in [-0.05, 0) is 6.92 Å². The zero-order chi connectivity index (χ0) is 7.56. The molecule has 4 heteroatoms. The van der Waals surface area contributed by atoms with E-state index in [0.29, 0.717) is 6.41 Å². The van der Waals surface area contributed by atoms with Crippen molar-refractivity contribution in [3.8, 4) is 0 Å². The largest absolute Gasteiger partial charge is 0.368 e. The minimum absolute atomic E-state index is 0.0559. The molecule has 10 heavy (non-hydrogen) atoms. The van der Waals surface area contributed by atoms with E-state index in [9.17, 15) is 9.59 Å². The lowest BCUT2D eigenvalue weighted by atomic mass is 10.1. The van der Waals surface area contributed by atoms with E-state index in [0.717, 1.165) is 0 Å². The lowest BCUT2D eigenvalue weighted by Crippen LogP contribution is -2.39. The number of ketones is 1. The summed E-state index contributed by atoms with van der Waals surface area (Å²) in [7, 11) is 0. The van der Waals surface area contributed by atoms with Gasteiger partial charge in [-0.1, -0.05) is 0 Å². The first-order valence-electron chi connectivity index (χ1n) is 3.09. The van der Waals surface area contributed by atoms with E-state index in [4.69, 9.17) is 4.74 Å². The maximum absolute atomic E-state index is 10.8. The molecular formula is C6H9NO3. The van der Waals surface area contributed by atoms with Crippen LogP contribution in [0.25, 0.3) is 0 Å². The monoisotopic (exact) mass is 143 g/mol. The van der Waals surface area contributed by atoms with Crippen LogP contribution in [0.4, 0.5) is 0 Å². The molecule has 1 fully saturated rings. The number of ether oxygens (including phenoxy) is 1. The summed E-state index contributed by atoms with van der Waals surface area (Å²) >= 11 is 0. The Balaban J connectivity index is 2.53. The van der Waals surface area contributed by atoms with Crippen LogP contribution in [0.1, 0.15) is 6.92 Å². The highest BCUT2D eigenvalue weighted by Crippen LogP contribution is 2.07. The smallest absolute Gasteiger partial charge is 0.207 e. The Labute approximate surface area is 58.5 Å². The molecule has 2 unspecified atom stereocenters. The topological polar surface area (TPSA) is 55.4 Å². The summed E-state index contributed by atoms with van der Waals surface area (Å²) in [5.41, 5.74) is 0. The maximum atomic E-state index is 10.8. The fraction of sp³-hybridized carbons (Fsp3) is 0.667. The van der Waals surface area contributed by atoms with Crippen LogP contribution in [0, 0.1) is 0 Å². The van der Waals surface area contributed by atoms with Crippen LogP contribution >= 0.6 is 0 Å². The number of hydrogen-bond acceptors (Lipinski definition) is 3. The van der Waals surface area contributed by atoms with Gasteiger partial charge in [-0.25, -0.2) is 0 Å². The summed E-state index contributed by atoms with van der Waals surface area (Å²) in [6.45, 7) is 1.87. The predicted molar refractivity (Wildman–Crippen MR) is 33.4 cm³/mol. The van der Waals surface area contributed by atoms with Crippen molar-refractivity contribution in [1.82, 2.24) is 5.32 Å². The van der Waals surface area contributed by atoms with Crippen molar-refractivity contribution in [3.63, 3.8) is 0 Å². The first-order valence-corrected chi connectivity index (χ1v) is 3.09. The van der Waals surface area contributed by atoms with E-state index in [1.54, 1.807) is 6.92 Å². The second-order valence-corrected chi connectivity index (χ2v) is 2.24. The van der Waals surface area contributed by atoms with Crippen molar-refractivity contribution < 1.29 is 14.3 Å². The Bertz CT molecular complexity index is 157. The average Bonchev–Trinajstić information content (AvgIpc) is 2.20. The second kappa shape index (κ2) is 2.79. The molecule has 0 spiro atoms.